The van der Waals surface area contributed by atoms with Crippen LogP contribution in [-0.2, 0) is 9.53 Å². The van der Waals surface area contributed by atoms with Crippen molar-refractivity contribution in [2.75, 3.05) is 14.1 Å². The summed E-state index contributed by atoms with van der Waals surface area (Å²) in [6, 6.07) is 16.1. The summed E-state index contributed by atoms with van der Waals surface area (Å²) in [7, 11) is 3.23. The third-order valence-electron chi connectivity index (χ3n) is 3.65. The minimum Gasteiger partial charge on any atom is -0.443 e. The second-order valence-corrected chi connectivity index (χ2v) is 5.67. The van der Waals surface area contributed by atoms with E-state index >= 15 is 0 Å². The fourth-order valence-corrected chi connectivity index (χ4v) is 2.35. The molecule has 0 aliphatic heterocycles. The fourth-order valence-electron chi connectivity index (χ4n) is 2.35. The Kier molecular flexibility index (Phi) is 4.70. The summed E-state index contributed by atoms with van der Waals surface area (Å²) in [6.45, 7) is 0. The average molecular weight is 335 g/mol. The third kappa shape index (κ3) is 3.63. The first-order valence-electron chi connectivity index (χ1n) is 7.75. The largest absolute Gasteiger partial charge is 0.443 e. The number of hydrogen-bond acceptors (Lipinski definition) is 5. The van der Waals surface area contributed by atoms with Gasteiger partial charge >= 0.3 is 5.97 Å². The van der Waals surface area contributed by atoms with Crippen LogP contribution >= 0.6 is 0 Å². The third-order valence-corrected chi connectivity index (χ3v) is 3.65. The molecule has 1 atom stereocenters. The molecule has 0 saturated heterocycles. The van der Waals surface area contributed by atoms with Crippen molar-refractivity contribution in [3.05, 3.63) is 72.1 Å². The number of hydrogen-bond donors (Lipinski definition) is 0. The summed E-state index contributed by atoms with van der Waals surface area (Å²) in [5.41, 5.74) is 1.93. The van der Waals surface area contributed by atoms with E-state index in [1.54, 1.807) is 50.5 Å². The molecule has 1 aromatic heterocycles. The quantitative estimate of drug-likeness (QED) is 0.685. The van der Waals surface area contributed by atoms with E-state index in [9.17, 15) is 9.59 Å². The van der Waals surface area contributed by atoms with Crippen LogP contribution in [0.3, 0.4) is 0 Å². The Balaban J connectivity index is 1.90. The Morgan fingerprint density at radius 1 is 0.960 bits per heavy atom. The first kappa shape index (κ1) is 16.6. The molecule has 0 aliphatic rings. The molecule has 0 radical (unpaired) electrons. The van der Waals surface area contributed by atoms with Crippen LogP contribution in [0.4, 0.5) is 0 Å². The van der Waals surface area contributed by atoms with Crippen molar-refractivity contribution >= 4 is 22.9 Å². The number of likely N-dealkylation sites (N-methyl/N-ethyl adjacent to an activating group) is 1. The van der Waals surface area contributed by atoms with Gasteiger partial charge in [-0.3, -0.25) is 9.78 Å². The molecule has 126 valence electrons. The molecule has 25 heavy (non-hydrogen) atoms. The summed E-state index contributed by atoms with van der Waals surface area (Å²) in [5, 5.41) is 0. The predicted octanol–water partition coefficient (Wildman–Crippen LogP) is 2.62. The summed E-state index contributed by atoms with van der Waals surface area (Å²) in [4.78, 5) is 34.8. The molecule has 0 bridgehead atoms. The van der Waals surface area contributed by atoms with Crippen molar-refractivity contribution in [2.45, 2.75) is 6.10 Å². The molecule has 0 fully saturated rings. The van der Waals surface area contributed by atoms with Crippen molar-refractivity contribution < 1.29 is 14.3 Å². The van der Waals surface area contributed by atoms with Crippen molar-refractivity contribution in [3.63, 3.8) is 0 Å². The average Bonchev–Trinajstić information content (AvgIpc) is 2.65. The Hall–Kier alpha value is -3.28. The van der Waals surface area contributed by atoms with E-state index in [0.29, 0.717) is 16.6 Å². The minimum absolute atomic E-state index is 0.0613. The number of aromatic nitrogens is 2. The Labute approximate surface area is 145 Å². The lowest BCUT2D eigenvalue weighted by Gasteiger charge is -2.21. The van der Waals surface area contributed by atoms with E-state index in [1.807, 2.05) is 18.2 Å². The Bertz CT molecular complexity index is 910. The smallest absolute Gasteiger partial charge is 0.359 e. The molecule has 3 rings (SSSR count). The summed E-state index contributed by atoms with van der Waals surface area (Å²) in [6.07, 6.45) is 0.323. The van der Waals surface area contributed by atoms with E-state index in [0.717, 1.165) is 0 Å². The maximum atomic E-state index is 12.5. The molecule has 0 spiro atoms. The second-order valence-electron chi connectivity index (χ2n) is 5.67. The van der Waals surface area contributed by atoms with Gasteiger partial charge in [-0.25, -0.2) is 9.78 Å². The number of ether oxygens (including phenoxy) is 1. The molecule has 0 unspecified atom stereocenters. The molecule has 3 aromatic rings. The van der Waals surface area contributed by atoms with Crippen LogP contribution in [0.25, 0.3) is 11.0 Å². The van der Waals surface area contributed by atoms with Gasteiger partial charge < -0.3 is 9.64 Å². The van der Waals surface area contributed by atoms with Gasteiger partial charge in [-0.15, -0.1) is 0 Å². The SMILES string of the molecule is CN(C)C(=O)[C@@H](OC(=O)c1cnc2ccccc2n1)c1ccccc1. The second kappa shape index (κ2) is 7.09. The topological polar surface area (TPSA) is 72.4 Å². The van der Waals surface area contributed by atoms with Gasteiger partial charge in [-0.1, -0.05) is 42.5 Å². The molecule has 0 N–H and O–H groups in total. The molecule has 0 saturated carbocycles. The van der Waals surface area contributed by atoms with E-state index in [4.69, 9.17) is 4.74 Å². The van der Waals surface area contributed by atoms with Gasteiger partial charge in [0.1, 0.15) is 0 Å². The van der Waals surface area contributed by atoms with Crippen LogP contribution in [0.5, 0.6) is 0 Å². The van der Waals surface area contributed by atoms with Crippen LogP contribution in [-0.4, -0.2) is 40.8 Å². The predicted molar refractivity (Wildman–Crippen MR) is 92.8 cm³/mol. The van der Waals surface area contributed by atoms with Gasteiger partial charge in [0, 0.05) is 19.7 Å². The maximum absolute atomic E-state index is 12.5. The van der Waals surface area contributed by atoms with Crippen molar-refractivity contribution in [3.8, 4) is 0 Å². The van der Waals surface area contributed by atoms with Gasteiger partial charge in [0.15, 0.2) is 5.69 Å². The lowest BCUT2D eigenvalue weighted by atomic mass is 10.1. The van der Waals surface area contributed by atoms with Gasteiger partial charge in [0.05, 0.1) is 17.2 Å². The highest BCUT2D eigenvalue weighted by atomic mass is 16.5. The zero-order chi connectivity index (χ0) is 17.8. The highest BCUT2D eigenvalue weighted by Gasteiger charge is 2.27. The summed E-state index contributed by atoms with van der Waals surface area (Å²) < 4.78 is 5.46. The number of nitrogens with zero attached hydrogens (tertiary/aromatic N) is 3. The molecular weight excluding hydrogens is 318 g/mol. The molecule has 0 aliphatic carbocycles. The zero-order valence-electron chi connectivity index (χ0n) is 13.9. The fraction of sp³-hybridized carbons (Fsp3) is 0.158. The van der Waals surface area contributed by atoms with E-state index in [1.165, 1.54) is 11.1 Å². The van der Waals surface area contributed by atoms with Crippen LogP contribution in [0.15, 0.2) is 60.8 Å². The van der Waals surface area contributed by atoms with Crippen LogP contribution in [0, 0.1) is 0 Å². The normalized spacial score (nSPS) is 11.8. The molecule has 6 heteroatoms. The van der Waals surface area contributed by atoms with Crippen LogP contribution < -0.4 is 0 Å². The van der Waals surface area contributed by atoms with Gasteiger partial charge in [-0.05, 0) is 12.1 Å². The lowest BCUT2D eigenvalue weighted by molar-refractivity contribution is -0.138. The van der Waals surface area contributed by atoms with Gasteiger partial charge in [0.2, 0.25) is 6.10 Å². The van der Waals surface area contributed by atoms with Crippen molar-refractivity contribution in [2.24, 2.45) is 0 Å². The van der Waals surface area contributed by atoms with Crippen LogP contribution in [0.2, 0.25) is 0 Å². The highest BCUT2D eigenvalue weighted by Crippen LogP contribution is 2.21. The molecular formula is C19H17N3O3. The standard InChI is InChI=1S/C19H17N3O3/c1-22(2)18(23)17(13-8-4-3-5-9-13)25-19(24)16-12-20-14-10-6-7-11-15(14)21-16/h3-12,17H,1-2H3/t17-/m0/s1. The van der Waals surface area contributed by atoms with Crippen molar-refractivity contribution in [1.82, 2.24) is 14.9 Å². The molecule has 2 aromatic carbocycles. The van der Waals surface area contributed by atoms with Gasteiger partial charge in [0.25, 0.3) is 5.91 Å². The van der Waals surface area contributed by atoms with Crippen LogP contribution in [0.1, 0.15) is 22.2 Å². The number of benzene rings is 2. The lowest BCUT2D eigenvalue weighted by Crippen LogP contribution is -2.31. The molecule has 1 heterocycles. The first-order chi connectivity index (χ1) is 12.1. The number of fused-ring (bicyclic) bond motifs is 1. The minimum atomic E-state index is -1.03. The number of esters is 1. The monoisotopic (exact) mass is 335 g/mol. The number of carbonyl (C=O) groups is 2. The zero-order valence-corrected chi connectivity index (χ0v) is 13.9. The van der Waals surface area contributed by atoms with E-state index < -0.39 is 12.1 Å². The van der Waals surface area contributed by atoms with Gasteiger partial charge in [-0.2, -0.15) is 0 Å². The Morgan fingerprint density at radius 3 is 2.28 bits per heavy atom. The molecule has 6 nitrogen and oxygen atoms in total. The first-order valence-corrected chi connectivity index (χ1v) is 7.75. The van der Waals surface area contributed by atoms with Crippen molar-refractivity contribution in [1.29, 1.82) is 0 Å². The number of amides is 1. The highest BCUT2D eigenvalue weighted by molar-refractivity contribution is 5.92. The summed E-state index contributed by atoms with van der Waals surface area (Å²) in [5.74, 6) is -1.02. The number of rotatable bonds is 4. The summed E-state index contributed by atoms with van der Waals surface area (Å²) >= 11 is 0. The maximum Gasteiger partial charge on any atom is 0.359 e. The molecule has 1 amide bonds. The Morgan fingerprint density at radius 2 is 1.60 bits per heavy atom. The number of carbonyl (C=O) groups excluding carboxylic acids is 2. The van der Waals surface area contributed by atoms with E-state index in [2.05, 4.69) is 9.97 Å². The number of para-hydroxylation sites is 2. The van der Waals surface area contributed by atoms with E-state index in [-0.39, 0.29) is 11.6 Å².